The molecule has 3 aliphatic rings. The number of ether oxygens (including phenoxy) is 1. The van der Waals surface area contributed by atoms with Crippen LogP contribution >= 0.6 is 0 Å². The quantitative estimate of drug-likeness (QED) is 0.452. The van der Waals surface area contributed by atoms with Gasteiger partial charge in [-0.2, -0.15) is 0 Å². The molecule has 1 aromatic heterocycles. The Hall–Kier alpha value is -3.03. The number of anilines is 1. The van der Waals surface area contributed by atoms with Gasteiger partial charge in [0.05, 0.1) is 19.8 Å². The van der Waals surface area contributed by atoms with Crippen molar-refractivity contribution in [2.45, 2.75) is 64.5 Å². The lowest BCUT2D eigenvalue weighted by atomic mass is 9.75. The van der Waals surface area contributed by atoms with Crippen LogP contribution < -0.4 is 4.90 Å². The minimum absolute atomic E-state index is 0.0920. The Morgan fingerprint density at radius 1 is 1.16 bits per heavy atom. The van der Waals surface area contributed by atoms with Crippen molar-refractivity contribution < 1.29 is 9.53 Å². The molecule has 6 rings (SSSR count). The summed E-state index contributed by atoms with van der Waals surface area (Å²) in [6.45, 7) is 11.9. The number of aromatic nitrogens is 3. The lowest BCUT2D eigenvalue weighted by Gasteiger charge is -2.41. The second-order valence-electron chi connectivity index (χ2n) is 12.1. The van der Waals surface area contributed by atoms with Crippen LogP contribution in [0, 0.1) is 5.92 Å². The van der Waals surface area contributed by atoms with Gasteiger partial charge in [0.1, 0.15) is 12.2 Å². The molecule has 2 aromatic carbocycles. The van der Waals surface area contributed by atoms with E-state index in [-0.39, 0.29) is 11.3 Å². The van der Waals surface area contributed by atoms with Crippen LogP contribution in [0.5, 0.6) is 0 Å². The maximum atomic E-state index is 13.8. The highest BCUT2D eigenvalue weighted by Crippen LogP contribution is 2.39. The number of aryl methyl sites for hydroxylation is 1. The third kappa shape index (κ3) is 4.67. The van der Waals surface area contributed by atoms with Gasteiger partial charge < -0.3 is 14.2 Å². The number of rotatable bonds is 7. The molecule has 7 heteroatoms. The van der Waals surface area contributed by atoms with Gasteiger partial charge in [0, 0.05) is 43.2 Å². The highest BCUT2D eigenvalue weighted by Gasteiger charge is 2.43. The van der Waals surface area contributed by atoms with E-state index in [0.29, 0.717) is 25.7 Å². The Morgan fingerprint density at radius 3 is 2.68 bits per heavy atom. The normalized spacial score (nSPS) is 21.1. The Balaban J connectivity index is 1.27. The van der Waals surface area contributed by atoms with Gasteiger partial charge in [-0.1, -0.05) is 39.0 Å². The van der Waals surface area contributed by atoms with Crippen LogP contribution in [-0.4, -0.2) is 51.9 Å². The highest BCUT2D eigenvalue weighted by molar-refractivity contribution is 6.10. The summed E-state index contributed by atoms with van der Waals surface area (Å²) in [7, 11) is 1.97. The minimum atomic E-state index is -0.167. The maximum Gasteiger partial charge on any atom is 0.258 e. The fourth-order valence-electron chi connectivity index (χ4n) is 6.30. The number of benzene rings is 2. The molecule has 38 heavy (non-hydrogen) atoms. The van der Waals surface area contributed by atoms with Crippen molar-refractivity contribution in [3.8, 4) is 0 Å². The zero-order valence-electron chi connectivity index (χ0n) is 23.1. The first-order chi connectivity index (χ1) is 18.3. The van der Waals surface area contributed by atoms with Gasteiger partial charge in [-0.15, -0.1) is 10.2 Å². The molecule has 0 N–H and O–H groups in total. The van der Waals surface area contributed by atoms with Crippen molar-refractivity contribution >= 4 is 11.6 Å². The summed E-state index contributed by atoms with van der Waals surface area (Å²) in [5.74, 6) is 2.18. The van der Waals surface area contributed by atoms with Gasteiger partial charge in [0.25, 0.3) is 5.91 Å². The van der Waals surface area contributed by atoms with E-state index < -0.39 is 0 Å². The van der Waals surface area contributed by atoms with Crippen molar-refractivity contribution in [2.24, 2.45) is 13.0 Å². The highest BCUT2D eigenvalue weighted by atomic mass is 16.5. The molecule has 0 aliphatic carbocycles. The second-order valence-corrected chi connectivity index (χ2v) is 12.1. The van der Waals surface area contributed by atoms with Crippen molar-refractivity contribution in [3.63, 3.8) is 0 Å². The van der Waals surface area contributed by atoms with Crippen molar-refractivity contribution in [2.75, 3.05) is 31.2 Å². The van der Waals surface area contributed by atoms with Gasteiger partial charge in [-0.3, -0.25) is 9.69 Å². The smallest absolute Gasteiger partial charge is 0.258 e. The van der Waals surface area contributed by atoms with Gasteiger partial charge >= 0.3 is 0 Å². The first-order valence-electron chi connectivity index (χ1n) is 14.0. The lowest BCUT2D eigenvalue weighted by molar-refractivity contribution is -0.0611. The Kier molecular flexibility index (Phi) is 6.60. The number of amides is 1. The summed E-state index contributed by atoms with van der Waals surface area (Å²) in [5.41, 5.74) is 6.50. The number of nitrogens with zero attached hydrogens (tertiary/aromatic N) is 5. The molecule has 7 nitrogen and oxygen atoms in total. The first kappa shape index (κ1) is 25.3. The van der Waals surface area contributed by atoms with E-state index in [4.69, 9.17) is 4.74 Å². The predicted octanol–water partition coefficient (Wildman–Crippen LogP) is 4.84. The van der Waals surface area contributed by atoms with Crippen LogP contribution in [-0.2, 0) is 36.7 Å². The third-order valence-corrected chi connectivity index (χ3v) is 8.71. The summed E-state index contributed by atoms with van der Waals surface area (Å²) in [6, 6.07) is 13.2. The van der Waals surface area contributed by atoms with Gasteiger partial charge in [-0.05, 0) is 71.7 Å². The largest absolute Gasteiger partial charge is 0.379 e. The molecular weight excluding hydrogens is 474 g/mol. The number of hydrogen-bond acceptors (Lipinski definition) is 5. The lowest BCUT2D eigenvalue weighted by Crippen LogP contribution is -2.49. The molecule has 200 valence electrons. The number of hydrogen-bond donors (Lipinski definition) is 0. The van der Waals surface area contributed by atoms with Crippen molar-refractivity contribution in [1.29, 1.82) is 0 Å². The molecule has 0 saturated carbocycles. The summed E-state index contributed by atoms with van der Waals surface area (Å²) in [4.78, 5) is 18.4. The van der Waals surface area contributed by atoms with E-state index in [9.17, 15) is 4.79 Å². The Labute approximate surface area is 225 Å². The number of carbonyl (C=O) groups excluding carboxylic acids is 1. The molecule has 3 aromatic rings. The average Bonchev–Trinajstić information content (AvgIpc) is 3.43. The van der Waals surface area contributed by atoms with Gasteiger partial charge in [0.2, 0.25) is 0 Å². The second kappa shape index (κ2) is 9.93. The van der Waals surface area contributed by atoms with E-state index in [2.05, 4.69) is 72.3 Å². The molecular formula is C31H39N5O2. The van der Waals surface area contributed by atoms with Crippen LogP contribution in [0.3, 0.4) is 0 Å². The SMILES string of the molecule is CC(C)c1cc(CN2CCC[C@H](C)C2)cc(N2Cc3ccc(C4(Cc5nncn5C)COC4)cc3C2=O)c1. The Morgan fingerprint density at radius 2 is 2.00 bits per heavy atom. The fourth-order valence-corrected chi connectivity index (χ4v) is 6.30. The fraction of sp³-hybridized carbons (Fsp3) is 0.516. The molecule has 2 fully saturated rings. The molecule has 2 saturated heterocycles. The van der Waals surface area contributed by atoms with Crippen LogP contribution in [0.15, 0.2) is 42.7 Å². The van der Waals surface area contributed by atoms with Crippen LogP contribution in [0.1, 0.15) is 78.0 Å². The van der Waals surface area contributed by atoms with Gasteiger partial charge in [0.15, 0.2) is 0 Å². The molecule has 0 bridgehead atoms. The minimum Gasteiger partial charge on any atom is -0.379 e. The zero-order chi connectivity index (χ0) is 26.4. The van der Waals surface area contributed by atoms with E-state index in [0.717, 1.165) is 60.2 Å². The van der Waals surface area contributed by atoms with E-state index >= 15 is 0 Å². The number of likely N-dealkylation sites (tertiary alicyclic amines) is 1. The summed E-state index contributed by atoms with van der Waals surface area (Å²) >= 11 is 0. The predicted molar refractivity (Wildman–Crippen MR) is 148 cm³/mol. The summed E-state index contributed by atoms with van der Waals surface area (Å²) in [5, 5.41) is 8.35. The molecule has 0 unspecified atom stereocenters. The molecule has 0 spiro atoms. The van der Waals surface area contributed by atoms with E-state index in [1.165, 1.54) is 24.0 Å². The van der Waals surface area contributed by atoms with Crippen LogP contribution in [0.2, 0.25) is 0 Å². The van der Waals surface area contributed by atoms with Crippen LogP contribution in [0.4, 0.5) is 5.69 Å². The number of piperidine rings is 1. The summed E-state index contributed by atoms with van der Waals surface area (Å²) < 4.78 is 7.64. The maximum absolute atomic E-state index is 13.8. The number of carbonyl (C=O) groups is 1. The average molecular weight is 514 g/mol. The molecule has 0 radical (unpaired) electrons. The van der Waals surface area contributed by atoms with E-state index in [1.54, 1.807) is 6.33 Å². The van der Waals surface area contributed by atoms with Crippen molar-refractivity contribution in [3.05, 3.63) is 76.4 Å². The monoisotopic (exact) mass is 513 g/mol. The topological polar surface area (TPSA) is 63.5 Å². The third-order valence-electron chi connectivity index (χ3n) is 8.71. The molecule has 1 atom stereocenters. The molecule has 4 heterocycles. The van der Waals surface area contributed by atoms with Crippen molar-refractivity contribution in [1.82, 2.24) is 19.7 Å². The standard InChI is InChI=1S/C31H39N5O2/c1-21(2)25-10-23(16-35-9-5-6-22(3)15-35)11-27(12-25)36-17-24-7-8-26(13-28(24)30(36)37)31(18-38-19-31)14-29-33-32-20-34(29)4/h7-8,10-13,20-22H,5-6,9,14-19H2,1-4H3/t22-/m0/s1. The van der Waals surface area contributed by atoms with Gasteiger partial charge in [-0.25, -0.2) is 0 Å². The number of fused-ring (bicyclic) bond motifs is 1. The summed E-state index contributed by atoms with van der Waals surface area (Å²) in [6.07, 6.45) is 5.07. The molecule has 1 amide bonds. The zero-order valence-corrected chi connectivity index (χ0v) is 23.1. The van der Waals surface area contributed by atoms with Crippen LogP contribution in [0.25, 0.3) is 0 Å². The van der Waals surface area contributed by atoms with E-state index in [1.807, 2.05) is 16.5 Å². The Bertz CT molecular complexity index is 1340. The first-order valence-corrected chi connectivity index (χ1v) is 14.0. The molecule has 3 aliphatic heterocycles.